The molecular formula is C15H15ClN4OS. The fourth-order valence-corrected chi connectivity index (χ4v) is 3.64. The summed E-state index contributed by atoms with van der Waals surface area (Å²) in [5, 5.41) is 10.1. The van der Waals surface area contributed by atoms with Crippen molar-refractivity contribution < 1.29 is 4.79 Å². The van der Waals surface area contributed by atoms with E-state index in [1.54, 1.807) is 28.0 Å². The van der Waals surface area contributed by atoms with Gasteiger partial charge in [0.1, 0.15) is 5.69 Å². The van der Waals surface area contributed by atoms with Gasteiger partial charge in [-0.05, 0) is 6.07 Å². The van der Waals surface area contributed by atoms with E-state index in [0.717, 1.165) is 21.0 Å². The second-order valence-corrected chi connectivity index (χ2v) is 6.63. The Labute approximate surface area is 137 Å². The first kappa shape index (κ1) is 15.0. The van der Waals surface area contributed by atoms with Crippen molar-refractivity contribution in [2.24, 2.45) is 0 Å². The average molecular weight is 335 g/mol. The zero-order valence-electron chi connectivity index (χ0n) is 12.3. The Bertz CT molecular complexity index is 826. The zero-order chi connectivity index (χ0) is 15.7. The largest absolute Gasteiger partial charge is 0.340 e. The highest BCUT2D eigenvalue weighted by molar-refractivity contribution is 7.19. The van der Waals surface area contributed by atoms with Gasteiger partial charge in [0.25, 0.3) is 0 Å². The molecule has 0 aliphatic heterocycles. The molecule has 0 fully saturated rings. The first-order chi connectivity index (χ1) is 10.5. The Morgan fingerprint density at radius 1 is 1.41 bits per heavy atom. The Morgan fingerprint density at radius 3 is 2.91 bits per heavy atom. The van der Waals surface area contributed by atoms with Gasteiger partial charge in [-0.3, -0.25) is 4.79 Å². The highest BCUT2D eigenvalue weighted by atomic mass is 35.5. The average Bonchev–Trinajstić information content (AvgIpc) is 3.05. The second kappa shape index (κ2) is 6.06. The number of fused-ring (bicyclic) bond motifs is 1. The van der Waals surface area contributed by atoms with Crippen LogP contribution in [-0.4, -0.2) is 32.8 Å². The quantitative estimate of drug-likeness (QED) is 0.736. The fourth-order valence-electron chi connectivity index (χ4n) is 2.16. The summed E-state index contributed by atoms with van der Waals surface area (Å²) >= 11 is 8.10. The third kappa shape index (κ3) is 2.98. The van der Waals surface area contributed by atoms with Crippen LogP contribution in [0.3, 0.4) is 0 Å². The molecule has 1 amide bonds. The van der Waals surface area contributed by atoms with E-state index in [2.05, 4.69) is 16.4 Å². The van der Waals surface area contributed by atoms with Gasteiger partial charge in [-0.15, -0.1) is 16.4 Å². The summed E-state index contributed by atoms with van der Waals surface area (Å²) in [4.78, 5) is 13.9. The first-order valence-electron chi connectivity index (χ1n) is 6.81. The Morgan fingerprint density at radius 2 is 2.18 bits per heavy atom. The van der Waals surface area contributed by atoms with Gasteiger partial charge in [-0.25, -0.2) is 4.68 Å². The predicted molar refractivity (Wildman–Crippen MR) is 88.1 cm³/mol. The van der Waals surface area contributed by atoms with Crippen molar-refractivity contribution in [1.82, 2.24) is 19.9 Å². The molecule has 22 heavy (non-hydrogen) atoms. The van der Waals surface area contributed by atoms with Gasteiger partial charge in [-0.2, -0.15) is 0 Å². The molecule has 114 valence electrons. The number of carbonyl (C=O) groups is 1. The van der Waals surface area contributed by atoms with E-state index < -0.39 is 0 Å². The maximum Gasteiger partial charge on any atom is 0.219 e. The monoisotopic (exact) mass is 334 g/mol. The van der Waals surface area contributed by atoms with Gasteiger partial charge in [0, 0.05) is 28.9 Å². The molecule has 2 aromatic heterocycles. The summed E-state index contributed by atoms with van der Waals surface area (Å²) in [6.45, 7) is 2.56. The number of thiophene rings is 1. The minimum atomic E-state index is 0.00195. The van der Waals surface area contributed by atoms with Crippen LogP contribution >= 0.6 is 22.9 Å². The molecule has 0 N–H and O–H groups in total. The number of carbonyl (C=O) groups excluding carboxylic acids is 1. The van der Waals surface area contributed by atoms with Crippen LogP contribution < -0.4 is 0 Å². The molecular weight excluding hydrogens is 320 g/mol. The van der Waals surface area contributed by atoms with E-state index in [4.69, 9.17) is 11.6 Å². The number of benzene rings is 1. The SMILES string of the molecule is CC(=O)N(C)Cc1cn(Cc2sc3ccccc3c2Cl)nn1. The molecule has 0 unspecified atom stereocenters. The third-order valence-corrected chi connectivity index (χ3v) is 5.13. The van der Waals surface area contributed by atoms with Gasteiger partial charge in [0.15, 0.2) is 0 Å². The molecule has 5 nitrogen and oxygen atoms in total. The topological polar surface area (TPSA) is 51.0 Å². The van der Waals surface area contributed by atoms with Crippen molar-refractivity contribution in [2.45, 2.75) is 20.0 Å². The maximum absolute atomic E-state index is 11.2. The van der Waals surface area contributed by atoms with Crippen LogP contribution in [0.2, 0.25) is 5.02 Å². The number of hydrogen-bond donors (Lipinski definition) is 0. The molecule has 3 aromatic rings. The van der Waals surface area contributed by atoms with Gasteiger partial charge in [0.2, 0.25) is 5.91 Å². The third-order valence-electron chi connectivity index (χ3n) is 3.43. The zero-order valence-corrected chi connectivity index (χ0v) is 13.9. The summed E-state index contributed by atoms with van der Waals surface area (Å²) in [5.41, 5.74) is 0.759. The number of aromatic nitrogens is 3. The number of amides is 1. The highest BCUT2D eigenvalue weighted by Gasteiger charge is 2.12. The minimum absolute atomic E-state index is 0.00195. The van der Waals surface area contributed by atoms with Crippen molar-refractivity contribution in [2.75, 3.05) is 7.05 Å². The molecule has 0 saturated heterocycles. The summed E-state index contributed by atoms with van der Waals surface area (Å²) < 4.78 is 2.92. The molecule has 0 aliphatic carbocycles. The molecule has 0 spiro atoms. The Balaban J connectivity index is 1.79. The summed E-state index contributed by atoms with van der Waals surface area (Å²) in [6, 6.07) is 8.07. The summed E-state index contributed by atoms with van der Waals surface area (Å²) in [7, 11) is 1.74. The van der Waals surface area contributed by atoms with Crippen molar-refractivity contribution in [3.63, 3.8) is 0 Å². The molecule has 0 aliphatic rings. The highest BCUT2D eigenvalue weighted by Crippen LogP contribution is 2.35. The van der Waals surface area contributed by atoms with Crippen LogP contribution in [0.5, 0.6) is 0 Å². The van der Waals surface area contributed by atoms with Crippen molar-refractivity contribution >= 4 is 38.9 Å². The minimum Gasteiger partial charge on any atom is -0.340 e. The lowest BCUT2D eigenvalue weighted by Gasteiger charge is -2.11. The van der Waals surface area contributed by atoms with E-state index in [1.807, 2.05) is 24.4 Å². The first-order valence-corrected chi connectivity index (χ1v) is 8.00. The lowest BCUT2D eigenvalue weighted by Crippen LogP contribution is -2.23. The Kier molecular flexibility index (Phi) is 4.13. The predicted octanol–water partition coefficient (Wildman–Crippen LogP) is 3.17. The van der Waals surface area contributed by atoms with E-state index in [9.17, 15) is 4.79 Å². The van der Waals surface area contributed by atoms with Crippen molar-refractivity contribution in [1.29, 1.82) is 0 Å². The Hall–Kier alpha value is -1.92. The van der Waals surface area contributed by atoms with E-state index in [1.165, 1.54) is 11.6 Å². The van der Waals surface area contributed by atoms with Gasteiger partial charge >= 0.3 is 0 Å². The smallest absolute Gasteiger partial charge is 0.219 e. The molecule has 0 radical (unpaired) electrons. The second-order valence-electron chi connectivity index (χ2n) is 5.12. The van der Waals surface area contributed by atoms with Crippen LogP contribution in [0.1, 0.15) is 17.5 Å². The molecule has 2 heterocycles. The van der Waals surface area contributed by atoms with Gasteiger partial charge in [-0.1, -0.05) is 35.0 Å². The lowest BCUT2D eigenvalue weighted by molar-refractivity contribution is -0.128. The fraction of sp³-hybridized carbons (Fsp3) is 0.267. The van der Waals surface area contributed by atoms with Crippen LogP contribution in [0.25, 0.3) is 10.1 Å². The van der Waals surface area contributed by atoms with Crippen molar-refractivity contribution in [3.05, 3.63) is 46.1 Å². The van der Waals surface area contributed by atoms with Crippen LogP contribution in [0.4, 0.5) is 0 Å². The van der Waals surface area contributed by atoms with Crippen molar-refractivity contribution in [3.8, 4) is 0 Å². The van der Waals surface area contributed by atoms with Crippen LogP contribution in [0.15, 0.2) is 30.5 Å². The van der Waals surface area contributed by atoms with Crippen LogP contribution in [0, 0.1) is 0 Å². The van der Waals surface area contributed by atoms with E-state index in [-0.39, 0.29) is 5.91 Å². The molecule has 7 heteroatoms. The molecule has 3 rings (SSSR count). The van der Waals surface area contributed by atoms with E-state index in [0.29, 0.717) is 13.1 Å². The molecule has 0 bridgehead atoms. The lowest BCUT2D eigenvalue weighted by atomic mass is 10.2. The molecule has 1 aromatic carbocycles. The number of nitrogens with zero attached hydrogens (tertiary/aromatic N) is 4. The number of halogens is 1. The number of rotatable bonds is 4. The maximum atomic E-state index is 11.2. The van der Waals surface area contributed by atoms with Gasteiger partial charge < -0.3 is 4.90 Å². The molecule has 0 atom stereocenters. The summed E-state index contributed by atoms with van der Waals surface area (Å²) in [6.07, 6.45) is 1.85. The molecule has 0 saturated carbocycles. The van der Waals surface area contributed by atoms with Crippen LogP contribution in [-0.2, 0) is 17.9 Å². The summed E-state index contributed by atoms with van der Waals surface area (Å²) in [5.74, 6) is 0.00195. The standard InChI is InChI=1S/C15H15ClN4OS/c1-10(21)19(2)7-11-8-20(18-17-11)9-14-15(16)12-5-3-4-6-13(12)22-14/h3-6,8H,7,9H2,1-2H3. The van der Waals surface area contributed by atoms with Gasteiger partial charge in [0.05, 0.1) is 24.3 Å². The normalized spacial score (nSPS) is 11.0. The van der Waals surface area contributed by atoms with E-state index >= 15 is 0 Å². The number of hydrogen-bond acceptors (Lipinski definition) is 4.